The summed E-state index contributed by atoms with van der Waals surface area (Å²) in [5.41, 5.74) is 5.38. The lowest BCUT2D eigenvalue weighted by atomic mass is 10.0. The van der Waals surface area contributed by atoms with E-state index in [1.165, 1.54) is 148 Å². The van der Waals surface area contributed by atoms with E-state index in [1.807, 2.05) is 0 Å². The number of unbranched alkanes of at least 4 members (excludes halogenated alkanes) is 30. The first kappa shape index (κ1) is 65.7. The predicted molar refractivity (Wildman–Crippen MR) is 289 cm³/mol. The quantitative estimate of drug-likeness (QED) is 0.0264. The van der Waals surface area contributed by atoms with Gasteiger partial charge in [-0.25, -0.2) is 4.57 Å². The SMILES string of the molecule is CC/C=C\C/C=C\C/C=C\C/C=C\C/C=C\CCCCCCCC(=O)OC(COC(=O)CCCCCCCCCCCCCCCCCCCCCCCCCCCC)COP(=O)(O)OCCN. The van der Waals surface area contributed by atoms with Crippen LogP contribution >= 0.6 is 7.82 Å². The molecule has 0 aliphatic heterocycles. The first-order valence-electron chi connectivity index (χ1n) is 28.3. The van der Waals surface area contributed by atoms with Crippen LogP contribution in [0.5, 0.6) is 0 Å². The van der Waals surface area contributed by atoms with Gasteiger partial charge in [0.15, 0.2) is 6.10 Å². The molecule has 0 rings (SSSR count). The molecule has 0 heterocycles. The third-order valence-electron chi connectivity index (χ3n) is 12.2. The highest BCUT2D eigenvalue weighted by Gasteiger charge is 2.26. The minimum atomic E-state index is -4.39. The molecule has 0 aliphatic carbocycles. The first-order valence-corrected chi connectivity index (χ1v) is 29.8. The normalized spacial score (nSPS) is 13.5. The zero-order valence-electron chi connectivity index (χ0n) is 44.1. The fourth-order valence-corrected chi connectivity index (χ4v) is 8.78. The summed E-state index contributed by atoms with van der Waals surface area (Å²) < 4.78 is 33.0. The van der Waals surface area contributed by atoms with Crippen molar-refractivity contribution >= 4 is 19.8 Å². The number of phosphoric ester groups is 1. The summed E-state index contributed by atoms with van der Waals surface area (Å²) in [7, 11) is -4.39. The van der Waals surface area contributed by atoms with Crippen molar-refractivity contribution in [2.24, 2.45) is 5.73 Å². The molecule has 0 radical (unpaired) electrons. The van der Waals surface area contributed by atoms with Crippen molar-refractivity contribution < 1.29 is 37.6 Å². The number of allylic oxidation sites excluding steroid dienone is 10. The zero-order chi connectivity index (χ0) is 49.5. The Balaban J connectivity index is 3.99. The predicted octanol–water partition coefficient (Wildman–Crippen LogP) is 17.6. The van der Waals surface area contributed by atoms with Gasteiger partial charge in [0.25, 0.3) is 0 Å². The van der Waals surface area contributed by atoms with E-state index in [9.17, 15) is 19.0 Å². The van der Waals surface area contributed by atoms with Crippen LogP contribution in [0.4, 0.5) is 0 Å². The van der Waals surface area contributed by atoms with E-state index in [0.717, 1.165) is 83.5 Å². The van der Waals surface area contributed by atoms with Crippen LogP contribution in [-0.2, 0) is 32.7 Å². The Morgan fingerprint density at radius 1 is 0.456 bits per heavy atom. The highest BCUT2D eigenvalue weighted by Crippen LogP contribution is 2.43. The topological polar surface area (TPSA) is 134 Å². The largest absolute Gasteiger partial charge is 0.472 e. The fraction of sp³-hybridized carbons (Fsp3) is 0.793. The number of rotatable bonds is 53. The van der Waals surface area contributed by atoms with Crippen molar-refractivity contribution in [2.45, 2.75) is 270 Å². The lowest BCUT2D eigenvalue weighted by Crippen LogP contribution is -2.29. The lowest BCUT2D eigenvalue weighted by molar-refractivity contribution is -0.161. The van der Waals surface area contributed by atoms with E-state index in [0.29, 0.717) is 6.42 Å². The monoisotopic (exact) mass is 976 g/mol. The van der Waals surface area contributed by atoms with E-state index in [4.69, 9.17) is 24.3 Å². The Morgan fingerprint density at radius 3 is 1.21 bits per heavy atom. The van der Waals surface area contributed by atoms with Crippen molar-refractivity contribution in [3.63, 3.8) is 0 Å². The molecule has 0 fully saturated rings. The molecule has 2 atom stereocenters. The van der Waals surface area contributed by atoms with E-state index >= 15 is 0 Å². The van der Waals surface area contributed by atoms with Crippen LogP contribution in [0.1, 0.15) is 264 Å². The molecule has 0 bridgehead atoms. The Morgan fingerprint density at radius 2 is 0.809 bits per heavy atom. The number of phosphoric acid groups is 1. The molecule has 0 aromatic heterocycles. The Bertz CT molecular complexity index is 1300. The number of carbonyl (C=O) groups excluding carboxylic acids is 2. The second-order valence-electron chi connectivity index (χ2n) is 18.8. The van der Waals surface area contributed by atoms with Crippen molar-refractivity contribution in [3.8, 4) is 0 Å². The van der Waals surface area contributed by atoms with Crippen molar-refractivity contribution in [1.29, 1.82) is 0 Å². The summed E-state index contributed by atoms with van der Waals surface area (Å²) in [6.07, 6.45) is 67.1. The molecule has 0 saturated carbocycles. The number of hydrogen-bond donors (Lipinski definition) is 2. The molecule has 3 N–H and O–H groups in total. The molecular formula is C58H106NO8P. The van der Waals surface area contributed by atoms with Gasteiger partial charge in [-0.1, -0.05) is 254 Å². The van der Waals surface area contributed by atoms with Gasteiger partial charge < -0.3 is 20.1 Å². The van der Waals surface area contributed by atoms with Crippen LogP contribution in [0.25, 0.3) is 0 Å². The molecular weight excluding hydrogens is 870 g/mol. The van der Waals surface area contributed by atoms with Crippen molar-refractivity contribution in [3.05, 3.63) is 60.8 Å². The molecule has 10 heteroatoms. The van der Waals surface area contributed by atoms with Crippen LogP contribution < -0.4 is 5.73 Å². The third kappa shape index (κ3) is 53.1. The van der Waals surface area contributed by atoms with Gasteiger partial charge in [0.05, 0.1) is 13.2 Å². The summed E-state index contributed by atoms with van der Waals surface area (Å²) in [6, 6.07) is 0. The van der Waals surface area contributed by atoms with Gasteiger partial charge in [-0.15, -0.1) is 0 Å². The van der Waals surface area contributed by atoms with Crippen LogP contribution in [0.3, 0.4) is 0 Å². The second-order valence-corrected chi connectivity index (χ2v) is 20.2. The Kier molecular flexibility index (Phi) is 52.2. The molecule has 9 nitrogen and oxygen atoms in total. The Labute approximate surface area is 419 Å². The van der Waals surface area contributed by atoms with Gasteiger partial charge >= 0.3 is 19.8 Å². The molecule has 0 aliphatic rings. The van der Waals surface area contributed by atoms with Gasteiger partial charge in [-0.3, -0.25) is 18.6 Å². The van der Waals surface area contributed by atoms with Crippen LogP contribution in [0.15, 0.2) is 60.8 Å². The average molecular weight is 976 g/mol. The number of hydrogen-bond acceptors (Lipinski definition) is 8. The van der Waals surface area contributed by atoms with Crippen LogP contribution in [-0.4, -0.2) is 49.3 Å². The van der Waals surface area contributed by atoms with Crippen LogP contribution in [0.2, 0.25) is 0 Å². The van der Waals surface area contributed by atoms with Gasteiger partial charge in [-0.2, -0.15) is 0 Å². The van der Waals surface area contributed by atoms with Crippen molar-refractivity contribution in [1.82, 2.24) is 0 Å². The van der Waals surface area contributed by atoms with E-state index < -0.39 is 26.5 Å². The number of carbonyl (C=O) groups is 2. The maximum Gasteiger partial charge on any atom is 0.472 e. The van der Waals surface area contributed by atoms with Gasteiger partial charge in [0.1, 0.15) is 6.61 Å². The lowest BCUT2D eigenvalue weighted by Gasteiger charge is -2.19. The maximum atomic E-state index is 12.7. The molecule has 0 aromatic carbocycles. The van der Waals surface area contributed by atoms with E-state index in [-0.39, 0.29) is 38.6 Å². The van der Waals surface area contributed by atoms with E-state index in [2.05, 4.69) is 74.6 Å². The third-order valence-corrected chi connectivity index (χ3v) is 13.2. The smallest absolute Gasteiger partial charge is 0.462 e. The van der Waals surface area contributed by atoms with Gasteiger partial charge in [0, 0.05) is 19.4 Å². The fourth-order valence-electron chi connectivity index (χ4n) is 8.02. The van der Waals surface area contributed by atoms with Gasteiger partial charge in [0.2, 0.25) is 0 Å². The summed E-state index contributed by atoms with van der Waals surface area (Å²) in [4.78, 5) is 35.1. The van der Waals surface area contributed by atoms with Gasteiger partial charge in [-0.05, 0) is 57.8 Å². The number of esters is 2. The summed E-state index contributed by atoms with van der Waals surface area (Å²) in [5.74, 6) is -0.842. The highest BCUT2D eigenvalue weighted by molar-refractivity contribution is 7.47. The summed E-state index contributed by atoms with van der Waals surface area (Å²) in [5, 5.41) is 0. The van der Waals surface area contributed by atoms with Crippen molar-refractivity contribution in [2.75, 3.05) is 26.4 Å². The maximum absolute atomic E-state index is 12.7. The molecule has 0 amide bonds. The highest BCUT2D eigenvalue weighted by atomic mass is 31.2. The molecule has 0 aromatic rings. The summed E-state index contributed by atoms with van der Waals surface area (Å²) in [6.45, 7) is 3.64. The molecule has 68 heavy (non-hydrogen) atoms. The minimum Gasteiger partial charge on any atom is -0.462 e. The molecule has 0 saturated heterocycles. The zero-order valence-corrected chi connectivity index (χ0v) is 45.0. The summed E-state index contributed by atoms with van der Waals surface area (Å²) >= 11 is 0. The molecule has 0 spiro atoms. The standard InChI is InChI=1S/C58H106NO8P/c1-3-5-7-9-11-13-15-17-19-21-23-25-26-27-28-29-31-32-34-36-38-40-42-44-46-48-50-57(60)64-54-56(55-66-68(62,63)65-53-52-59)67-58(61)51-49-47-45-43-41-39-37-35-33-30-24-22-20-18-16-14-12-10-8-6-4-2/h6,8,12,14,18,20,24,30,35,37,56H,3-5,7,9-11,13,15-17,19,21-23,25-29,31-34,36,38-55,59H2,1-2H3,(H,62,63)/b8-6-,14-12-,20-18-,30-24-,37-35-. The second kappa shape index (κ2) is 54.1. The number of nitrogens with two attached hydrogens (primary N) is 1. The number of ether oxygens (including phenoxy) is 2. The van der Waals surface area contributed by atoms with E-state index in [1.54, 1.807) is 0 Å². The molecule has 2 unspecified atom stereocenters. The average Bonchev–Trinajstić information content (AvgIpc) is 3.33. The van der Waals surface area contributed by atoms with Crippen LogP contribution in [0, 0.1) is 0 Å². The minimum absolute atomic E-state index is 0.0486. The Hall–Kier alpha value is -2.29. The first-order chi connectivity index (χ1) is 33.3. The molecule has 396 valence electrons.